The number of carbonyl (C=O) groups excluding carboxylic acids is 3. The molecule has 0 aromatic carbocycles. The van der Waals surface area contributed by atoms with Gasteiger partial charge >= 0.3 is 6.09 Å². The van der Waals surface area contributed by atoms with Gasteiger partial charge in [0.1, 0.15) is 6.61 Å². The zero-order valence-corrected chi connectivity index (χ0v) is 9.79. The highest BCUT2D eigenvalue weighted by molar-refractivity contribution is 8.13. The number of thioether (sulfide) groups is 1. The summed E-state index contributed by atoms with van der Waals surface area (Å²) in [6, 6.07) is 0. The molecule has 0 spiro atoms. The summed E-state index contributed by atoms with van der Waals surface area (Å²) in [5.41, 5.74) is 0. The Morgan fingerprint density at radius 2 is 2.31 bits per heavy atom. The fraction of sp³-hybridized carbons (Fsp3) is 0.500. The molecule has 5 nitrogen and oxygen atoms in total. The molecule has 2 amide bonds. The Hall–Kier alpha value is -1.30. The van der Waals surface area contributed by atoms with Gasteiger partial charge in [0.15, 0.2) is 5.12 Å². The predicted octanol–water partition coefficient (Wildman–Crippen LogP) is 1.19. The van der Waals surface area contributed by atoms with Gasteiger partial charge in [0.05, 0.1) is 6.54 Å². The van der Waals surface area contributed by atoms with E-state index in [4.69, 9.17) is 0 Å². The van der Waals surface area contributed by atoms with Crippen molar-refractivity contribution in [1.82, 2.24) is 4.90 Å². The maximum atomic E-state index is 11.4. The van der Waals surface area contributed by atoms with E-state index in [1.807, 2.05) is 0 Å². The van der Waals surface area contributed by atoms with Crippen LogP contribution in [0.15, 0.2) is 12.2 Å². The summed E-state index contributed by atoms with van der Waals surface area (Å²) in [5.74, 6) is 0.277. The summed E-state index contributed by atoms with van der Waals surface area (Å²) in [7, 11) is 0. The predicted molar refractivity (Wildman–Crippen MR) is 60.0 cm³/mol. The molecule has 1 aliphatic heterocycles. The lowest BCUT2D eigenvalue weighted by atomic mass is 10.4. The number of rotatable bonds is 4. The van der Waals surface area contributed by atoms with E-state index in [9.17, 15) is 14.4 Å². The van der Waals surface area contributed by atoms with Crippen LogP contribution in [0.2, 0.25) is 0 Å². The number of imide groups is 1. The molecule has 16 heavy (non-hydrogen) atoms. The molecule has 0 unspecified atom stereocenters. The van der Waals surface area contributed by atoms with Crippen molar-refractivity contribution in [3.8, 4) is 0 Å². The van der Waals surface area contributed by atoms with Crippen molar-refractivity contribution in [2.75, 3.05) is 18.9 Å². The quantitative estimate of drug-likeness (QED) is 0.548. The second-order valence-corrected chi connectivity index (χ2v) is 4.41. The fourth-order valence-corrected chi connectivity index (χ4v) is 1.68. The SMILES string of the molecule is CC(=O)SCC/C=C\C(=O)N1CCOC1=O. The van der Waals surface area contributed by atoms with Crippen molar-refractivity contribution in [2.24, 2.45) is 0 Å². The number of ether oxygens (including phenoxy) is 1. The van der Waals surface area contributed by atoms with E-state index < -0.39 is 6.09 Å². The number of amides is 2. The zero-order valence-electron chi connectivity index (χ0n) is 8.97. The largest absolute Gasteiger partial charge is 0.447 e. The van der Waals surface area contributed by atoms with Crippen molar-refractivity contribution in [2.45, 2.75) is 13.3 Å². The van der Waals surface area contributed by atoms with Gasteiger partial charge in [0, 0.05) is 12.7 Å². The van der Waals surface area contributed by atoms with Crippen molar-refractivity contribution < 1.29 is 19.1 Å². The van der Waals surface area contributed by atoms with Gasteiger partial charge in [-0.25, -0.2) is 9.69 Å². The highest BCUT2D eigenvalue weighted by atomic mass is 32.2. The summed E-state index contributed by atoms with van der Waals surface area (Å²) in [6.07, 6.45) is 3.03. The number of hydrogen-bond donors (Lipinski definition) is 0. The minimum absolute atomic E-state index is 0.0582. The molecule has 1 aliphatic rings. The van der Waals surface area contributed by atoms with E-state index in [0.29, 0.717) is 18.7 Å². The lowest BCUT2D eigenvalue weighted by Gasteiger charge is -2.06. The second-order valence-electron chi connectivity index (χ2n) is 3.14. The van der Waals surface area contributed by atoms with Gasteiger partial charge in [-0.1, -0.05) is 17.8 Å². The summed E-state index contributed by atoms with van der Waals surface area (Å²) in [5, 5.41) is 0.0582. The first-order chi connectivity index (χ1) is 7.61. The van der Waals surface area contributed by atoms with Crippen LogP contribution in [0.1, 0.15) is 13.3 Å². The summed E-state index contributed by atoms with van der Waals surface area (Å²) >= 11 is 1.21. The first-order valence-corrected chi connectivity index (χ1v) is 5.88. The number of cyclic esters (lactones) is 1. The summed E-state index contributed by atoms with van der Waals surface area (Å²) in [6.45, 7) is 2.07. The maximum absolute atomic E-state index is 11.4. The first-order valence-electron chi connectivity index (χ1n) is 4.89. The van der Waals surface area contributed by atoms with Crippen LogP contribution in [0.3, 0.4) is 0 Å². The monoisotopic (exact) mass is 243 g/mol. The number of hydrogen-bond acceptors (Lipinski definition) is 5. The molecule has 0 bridgehead atoms. The Bertz CT molecular complexity index is 327. The average Bonchev–Trinajstić information content (AvgIpc) is 2.63. The third-order valence-electron chi connectivity index (χ3n) is 1.88. The molecule has 0 aliphatic carbocycles. The van der Waals surface area contributed by atoms with Gasteiger partial charge < -0.3 is 4.74 Å². The molecule has 0 saturated carbocycles. The Labute approximate surface area is 97.8 Å². The molecule has 0 N–H and O–H groups in total. The van der Waals surface area contributed by atoms with Gasteiger partial charge in [-0.15, -0.1) is 0 Å². The molecular weight excluding hydrogens is 230 g/mol. The zero-order chi connectivity index (χ0) is 12.0. The highest BCUT2D eigenvalue weighted by Crippen LogP contribution is 2.06. The molecule has 1 fully saturated rings. The minimum Gasteiger partial charge on any atom is -0.447 e. The lowest BCUT2D eigenvalue weighted by Crippen LogP contribution is -2.29. The van der Waals surface area contributed by atoms with Crippen LogP contribution in [-0.2, 0) is 14.3 Å². The molecule has 0 aromatic rings. The molecule has 1 heterocycles. The van der Waals surface area contributed by atoms with E-state index >= 15 is 0 Å². The lowest BCUT2D eigenvalue weighted by molar-refractivity contribution is -0.122. The standard InChI is InChI=1S/C10H13NO4S/c1-8(12)16-7-3-2-4-9(13)11-5-6-15-10(11)14/h2,4H,3,5-7H2,1H3/b4-2-. The normalized spacial score (nSPS) is 15.6. The molecule has 6 heteroatoms. The Balaban J connectivity index is 2.25. The minimum atomic E-state index is -0.590. The van der Waals surface area contributed by atoms with Crippen LogP contribution < -0.4 is 0 Å². The third kappa shape index (κ3) is 4.06. The summed E-state index contributed by atoms with van der Waals surface area (Å²) in [4.78, 5) is 34.1. The van der Waals surface area contributed by atoms with Crippen molar-refractivity contribution in [3.05, 3.63) is 12.2 Å². The smallest absolute Gasteiger partial charge is 0.416 e. The van der Waals surface area contributed by atoms with E-state index in [0.717, 1.165) is 4.90 Å². The van der Waals surface area contributed by atoms with Crippen LogP contribution in [0.4, 0.5) is 4.79 Å². The molecule has 1 rings (SSSR count). The molecular formula is C10H13NO4S. The molecule has 0 aromatic heterocycles. The van der Waals surface area contributed by atoms with Gasteiger partial charge in [-0.05, 0) is 12.5 Å². The van der Waals surface area contributed by atoms with E-state index in [1.165, 1.54) is 24.8 Å². The van der Waals surface area contributed by atoms with Crippen LogP contribution >= 0.6 is 11.8 Å². The maximum Gasteiger partial charge on any atom is 0.416 e. The van der Waals surface area contributed by atoms with E-state index in [2.05, 4.69) is 4.74 Å². The molecule has 0 radical (unpaired) electrons. The van der Waals surface area contributed by atoms with E-state index in [1.54, 1.807) is 6.08 Å². The Kier molecular flexibility index (Phi) is 5.04. The van der Waals surface area contributed by atoms with Crippen molar-refractivity contribution in [3.63, 3.8) is 0 Å². The van der Waals surface area contributed by atoms with Crippen LogP contribution in [0.5, 0.6) is 0 Å². The fourth-order valence-electron chi connectivity index (χ4n) is 1.14. The van der Waals surface area contributed by atoms with Gasteiger partial charge in [-0.3, -0.25) is 9.59 Å². The molecule has 0 atom stereocenters. The summed E-state index contributed by atoms with van der Waals surface area (Å²) < 4.78 is 4.63. The molecule has 1 saturated heterocycles. The Morgan fingerprint density at radius 3 is 2.88 bits per heavy atom. The van der Waals surface area contributed by atoms with Gasteiger partial charge in [-0.2, -0.15) is 0 Å². The van der Waals surface area contributed by atoms with E-state index in [-0.39, 0.29) is 17.6 Å². The first kappa shape index (κ1) is 12.8. The van der Waals surface area contributed by atoms with Gasteiger partial charge in [0.25, 0.3) is 5.91 Å². The number of nitrogens with zero attached hydrogens (tertiary/aromatic N) is 1. The van der Waals surface area contributed by atoms with Gasteiger partial charge in [0.2, 0.25) is 0 Å². The number of allylic oxidation sites excluding steroid dienone is 1. The molecule has 88 valence electrons. The number of carbonyl (C=O) groups is 3. The average molecular weight is 243 g/mol. The van der Waals surface area contributed by atoms with Crippen LogP contribution in [-0.4, -0.2) is 40.9 Å². The highest BCUT2D eigenvalue weighted by Gasteiger charge is 2.26. The second kappa shape index (κ2) is 6.32. The van der Waals surface area contributed by atoms with Crippen molar-refractivity contribution in [1.29, 1.82) is 0 Å². The van der Waals surface area contributed by atoms with Crippen molar-refractivity contribution >= 4 is 28.9 Å². The Morgan fingerprint density at radius 1 is 1.56 bits per heavy atom. The van der Waals surface area contributed by atoms with Crippen LogP contribution in [0, 0.1) is 0 Å². The van der Waals surface area contributed by atoms with Crippen LogP contribution in [0.25, 0.3) is 0 Å². The third-order valence-corrected chi connectivity index (χ3v) is 2.72. The topological polar surface area (TPSA) is 63.7 Å².